The third kappa shape index (κ3) is 5.93. The minimum Gasteiger partial charge on any atom is -0.467 e. The van der Waals surface area contributed by atoms with E-state index in [1.807, 2.05) is 0 Å². The van der Waals surface area contributed by atoms with Crippen LogP contribution in [0.2, 0.25) is 5.28 Å². The molecule has 1 aliphatic heterocycles. The molecule has 1 saturated heterocycles. The van der Waals surface area contributed by atoms with Crippen molar-refractivity contribution in [3.8, 4) is 0 Å². The second-order valence-electron chi connectivity index (χ2n) is 7.21. The van der Waals surface area contributed by atoms with Gasteiger partial charge in [0.25, 0.3) is 0 Å². The van der Waals surface area contributed by atoms with Gasteiger partial charge in [0, 0.05) is 20.8 Å². The topological polar surface area (TPSA) is 193 Å². The first-order valence-corrected chi connectivity index (χ1v) is 10.4. The molecule has 0 saturated carbocycles. The highest BCUT2D eigenvalue weighted by atomic mass is 35.5. The number of nitrogens with two attached hydrogens (primary N) is 1. The van der Waals surface area contributed by atoms with Crippen molar-refractivity contribution in [2.24, 2.45) is 0 Å². The molecule has 0 aromatic carbocycles. The molecule has 1 fully saturated rings. The highest BCUT2D eigenvalue weighted by Gasteiger charge is 2.55. The number of nitrogen functional groups attached to an aromatic ring is 1. The molecule has 3 rings (SSSR count). The standard InChI is InChI=1S/C19H22ClN5O10/c1-7(26)32-12-13(33-8(2)27)17(25-6-22-11-15(21)23-19(20)24-16(11)25)35-14(12)18(34-9(3)28)31-5-10(29)30-4/h6,12-14,17-18H,5H2,1-4H3,(H2,21,23,24)/t12-,13+,14-,17+,18?/m0/s1. The first-order valence-electron chi connectivity index (χ1n) is 10.0. The second-order valence-corrected chi connectivity index (χ2v) is 7.54. The third-order valence-corrected chi connectivity index (χ3v) is 4.84. The first kappa shape index (κ1) is 26.1. The van der Waals surface area contributed by atoms with Crippen LogP contribution in [0.1, 0.15) is 27.0 Å². The van der Waals surface area contributed by atoms with Crippen molar-refractivity contribution < 1.29 is 47.6 Å². The van der Waals surface area contributed by atoms with Crippen molar-refractivity contribution in [2.75, 3.05) is 19.5 Å². The van der Waals surface area contributed by atoms with E-state index < -0.39 is 61.3 Å². The molecule has 0 amide bonds. The number of hydrogen-bond acceptors (Lipinski definition) is 14. The van der Waals surface area contributed by atoms with Gasteiger partial charge in [0.15, 0.2) is 36.0 Å². The van der Waals surface area contributed by atoms with E-state index in [1.54, 1.807) is 0 Å². The number of esters is 4. The van der Waals surface area contributed by atoms with E-state index in [1.165, 1.54) is 10.9 Å². The average Bonchev–Trinajstić information content (AvgIpc) is 3.32. The van der Waals surface area contributed by atoms with Crippen LogP contribution in [0.4, 0.5) is 5.82 Å². The fourth-order valence-corrected chi connectivity index (χ4v) is 3.59. The predicted octanol–water partition coefficient (Wildman–Crippen LogP) is -0.0985. The number of fused-ring (bicyclic) bond motifs is 1. The van der Waals surface area contributed by atoms with Gasteiger partial charge in [0.05, 0.1) is 13.4 Å². The Morgan fingerprint density at radius 1 is 1.11 bits per heavy atom. The van der Waals surface area contributed by atoms with Gasteiger partial charge >= 0.3 is 23.9 Å². The van der Waals surface area contributed by atoms with Crippen LogP contribution in [-0.4, -0.2) is 81.7 Å². The third-order valence-electron chi connectivity index (χ3n) is 4.67. The monoisotopic (exact) mass is 515 g/mol. The zero-order chi connectivity index (χ0) is 25.9. The van der Waals surface area contributed by atoms with Gasteiger partial charge in [0.2, 0.25) is 11.6 Å². The van der Waals surface area contributed by atoms with Crippen LogP contribution < -0.4 is 5.73 Å². The summed E-state index contributed by atoms with van der Waals surface area (Å²) < 4.78 is 33.2. The molecular formula is C19H22ClN5O10. The number of ether oxygens (including phenoxy) is 6. The van der Waals surface area contributed by atoms with Crippen LogP contribution >= 0.6 is 11.6 Å². The predicted molar refractivity (Wildman–Crippen MR) is 113 cm³/mol. The van der Waals surface area contributed by atoms with Gasteiger partial charge in [-0.1, -0.05) is 0 Å². The smallest absolute Gasteiger partial charge is 0.331 e. The number of carbonyl (C=O) groups excluding carboxylic acids is 4. The molecular weight excluding hydrogens is 494 g/mol. The molecule has 0 spiro atoms. The number of anilines is 1. The molecule has 5 atom stereocenters. The van der Waals surface area contributed by atoms with Crippen molar-refractivity contribution >= 4 is 52.5 Å². The van der Waals surface area contributed by atoms with Crippen molar-refractivity contribution in [2.45, 2.75) is 51.6 Å². The maximum atomic E-state index is 11.9. The minimum atomic E-state index is -1.57. The van der Waals surface area contributed by atoms with Gasteiger partial charge < -0.3 is 34.2 Å². The van der Waals surface area contributed by atoms with Crippen LogP contribution in [0.15, 0.2) is 6.33 Å². The van der Waals surface area contributed by atoms with Crippen LogP contribution in [0.3, 0.4) is 0 Å². The maximum Gasteiger partial charge on any atom is 0.331 e. The fraction of sp³-hybridized carbons (Fsp3) is 0.526. The number of hydrogen-bond donors (Lipinski definition) is 1. The van der Waals surface area contributed by atoms with Crippen molar-refractivity contribution in [3.05, 3.63) is 11.6 Å². The summed E-state index contributed by atoms with van der Waals surface area (Å²) in [6.07, 6.45) is -5.55. The number of imidazole rings is 1. The normalized spacial score (nSPS) is 22.4. The van der Waals surface area contributed by atoms with Crippen molar-refractivity contribution in [3.63, 3.8) is 0 Å². The molecule has 35 heavy (non-hydrogen) atoms. The Kier molecular flexibility index (Phi) is 8.03. The Labute approximate surface area is 202 Å². The molecule has 0 radical (unpaired) electrons. The largest absolute Gasteiger partial charge is 0.467 e. The number of rotatable bonds is 8. The van der Waals surface area contributed by atoms with E-state index in [-0.39, 0.29) is 22.3 Å². The average molecular weight is 516 g/mol. The van der Waals surface area contributed by atoms with Gasteiger partial charge in [-0.2, -0.15) is 9.97 Å². The van der Waals surface area contributed by atoms with Gasteiger partial charge in [-0.25, -0.2) is 9.78 Å². The van der Waals surface area contributed by atoms with E-state index in [9.17, 15) is 19.2 Å². The number of aromatic nitrogens is 4. The summed E-state index contributed by atoms with van der Waals surface area (Å²) in [7, 11) is 1.13. The van der Waals surface area contributed by atoms with E-state index >= 15 is 0 Å². The highest BCUT2D eigenvalue weighted by molar-refractivity contribution is 6.28. The number of halogens is 1. The van der Waals surface area contributed by atoms with Crippen LogP contribution in [-0.2, 0) is 47.6 Å². The summed E-state index contributed by atoms with van der Waals surface area (Å²) in [5.74, 6) is -3.09. The van der Waals surface area contributed by atoms with Crippen molar-refractivity contribution in [1.29, 1.82) is 0 Å². The summed E-state index contributed by atoms with van der Waals surface area (Å²) in [4.78, 5) is 59.3. The van der Waals surface area contributed by atoms with Crippen molar-refractivity contribution in [1.82, 2.24) is 19.5 Å². The van der Waals surface area contributed by atoms with Gasteiger partial charge in [-0.15, -0.1) is 0 Å². The summed E-state index contributed by atoms with van der Waals surface area (Å²) >= 11 is 5.94. The lowest BCUT2D eigenvalue weighted by Crippen LogP contribution is -2.46. The Hall–Kier alpha value is -3.56. The van der Waals surface area contributed by atoms with Crippen LogP contribution in [0.5, 0.6) is 0 Å². The Balaban J connectivity index is 2.08. The number of methoxy groups -OCH3 is 1. The molecule has 0 aliphatic carbocycles. The molecule has 16 heteroatoms. The summed E-state index contributed by atoms with van der Waals surface area (Å²) in [6, 6.07) is 0. The van der Waals surface area contributed by atoms with Crippen LogP contribution in [0.25, 0.3) is 11.2 Å². The molecule has 1 aliphatic rings. The maximum absolute atomic E-state index is 11.9. The molecule has 2 N–H and O–H groups in total. The first-order chi connectivity index (χ1) is 16.5. The molecule has 0 bridgehead atoms. The fourth-order valence-electron chi connectivity index (χ4n) is 3.42. The SMILES string of the molecule is COC(=O)COC(OC(C)=O)[C@H]1O[C@@H](n2cnc3c(N)nc(Cl)nc32)[C@H](OC(C)=O)[C@@H]1OC(C)=O. The zero-order valence-corrected chi connectivity index (χ0v) is 19.8. The Bertz CT molecular complexity index is 1140. The number of nitrogens with zero attached hydrogens (tertiary/aromatic N) is 4. The van der Waals surface area contributed by atoms with Crippen LogP contribution in [0, 0.1) is 0 Å². The van der Waals surface area contributed by atoms with Gasteiger partial charge in [-0.05, 0) is 11.6 Å². The summed E-state index contributed by atoms with van der Waals surface area (Å²) in [5, 5.41) is -0.189. The Morgan fingerprint density at radius 2 is 1.77 bits per heavy atom. The highest BCUT2D eigenvalue weighted by Crippen LogP contribution is 2.38. The molecule has 2 aromatic heterocycles. The quantitative estimate of drug-likeness (QED) is 0.212. The molecule has 2 aromatic rings. The minimum absolute atomic E-state index is 0.0203. The second kappa shape index (κ2) is 10.8. The molecule has 3 heterocycles. The lowest BCUT2D eigenvalue weighted by atomic mass is 10.1. The zero-order valence-electron chi connectivity index (χ0n) is 19.0. The van der Waals surface area contributed by atoms with E-state index in [0.717, 1.165) is 27.9 Å². The summed E-state index contributed by atoms with van der Waals surface area (Å²) in [6.45, 7) is 2.72. The molecule has 15 nitrogen and oxygen atoms in total. The lowest BCUT2D eigenvalue weighted by Gasteiger charge is -2.27. The summed E-state index contributed by atoms with van der Waals surface area (Å²) in [5.41, 5.74) is 6.15. The van der Waals surface area contributed by atoms with E-state index in [2.05, 4.69) is 19.7 Å². The van der Waals surface area contributed by atoms with Gasteiger partial charge in [-0.3, -0.25) is 19.0 Å². The van der Waals surface area contributed by atoms with E-state index in [0.29, 0.717) is 0 Å². The molecule has 190 valence electrons. The molecule has 1 unspecified atom stereocenters. The lowest BCUT2D eigenvalue weighted by molar-refractivity contribution is -0.224. The number of carbonyl (C=O) groups is 4. The van der Waals surface area contributed by atoms with E-state index in [4.69, 9.17) is 41.0 Å². The Morgan fingerprint density at radius 3 is 2.37 bits per heavy atom. The van der Waals surface area contributed by atoms with Gasteiger partial charge in [0.1, 0.15) is 12.1 Å².